The summed E-state index contributed by atoms with van der Waals surface area (Å²) in [4.78, 5) is 4.29. The number of hydrogen-bond donors (Lipinski definition) is 1. The van der Waals surface area contributed by atoms with E-state index < -0.39 is 0 Å². The number of ether oxygens (including phenoxy) is 1. The number of aliphatic imine (C=N–C) groups is 1. The van der Waals surface area contributed by atoms with Gasteiger partial charge in [-0.05, 0) is 18.2 Å². The number of benzene rings is 1. The summed E-state index contributed by atoms with van der Waals surface area (Å²) < 4.78 is 5.16. The third-order valence-electron chi connectivity index (χ3n) is 2.10. The summed E-state index contributed by atoms with van der Waals surface area (Å²) >= 11 is 1.55. The first-order chi connectivity index (χ1) is 7.29. The van der Waals surface area contributed by atoms with Gasteiger partial charge in [0.05, 0.1) is 12.8 Å². The maximum Gasteiger partial charge on any atom is 0.159 e. The second-order valence-corrected chi connectivity index (χ2v) is 4.12. The van der Waals surface area contributed by atoms with E-state index >= 15 is 0 Å². The molecule has 3 nitrogen and oxygen atoms in total. The second-order valence-electron chi connectivity index (χ2n) is 3.08. The molecule has 0 saturated carbocycles. The van der Waals surface area contributed by atoms with Crippen molar-refractivity contribution in [2.24, 2.45) is 10.7 Å². The number of hydrogen-bond acceptors (Lipinski definition) is 4. The Hall–Kier alpha value is -1.42. The Bertz CT molecular complexity index is 426. The maximum atomic E-state index is 5.67. The first kappa shape index (κ1) is 10.1. The van der Waals surface area contributed by atoms with Gasteiger partial charge in [-0.1, -0.05) is 23.9 Å². The number of nitrogens with two attached hydrogens (primary N) is 1. The highest BCUT2D eigenvalue weighted by Crippen LogP contribution is 2.25. The minimum Gasteiger partial charge on any atom is -0.497 e. The van der Waals surface area contributed by atoms with Gasteiger partial charge in [-0.15, -0.1) is 0 Å². The smallest absolute Gasteiger partial charge is 0.159 e. The van der Waals surface area contributed by atoms with E-state index in [0.717, 1.165) is 22.8 Å². The molecule has 1 aliphatic heterocycles. The van der Waals surface area contributed by atoms with Crippen LogP contribution in [-0.4, -0.2) is 18.0 Å². The van der Waals surface area contributed by atoms with Crippen LogP contribution in [-0.2, 0) is 0 Å². The Morgan fingerprint density at radius 2 is 2.33 bits per heavy atom. The molecular formula is C11H12N2OS. The summed E-state index contributed by atoms with van der Waals surface area (Å²) in [5.74, 6) is 1.71. The molecule has 15 heavy (non-hydrogen) atoms. The zero-order valence-electron chi connectivity index (χ0n) is 8.43. The lowest BCUT2D eigenvalue weighted by Crippen LogP contribution is -2.10. The van der Waals surface area contributed by atoms with E-state index in [4.69, 9.17) is 10.5 Å². The van der Waals surface area contributed by atoms with Crippen LogP contribution in [0.4, 0.5) is 0 Å². The predicted molar refractivity (Wildman–Crippen MR) is 65.1 cm³/mol. The van der Waals surface area contributed by atoms with Gasteiger partial charge in [0.1, 0.15) is 5.75 Å². The number of methoxy groups -OCH3 is 1. The molecule has 1 aromatic rings. The van der Waals surface area contributed by atoms with Crippen molar-refractivity contribution in [2.75, 3.05) is 12.9 Å². The molecule has 0 saturated heterocycles. The minimum absolute atomic E-state index is 0.621. The van der Waals surface area contributed by atoms with Crippen molar-refractivity contribution in [3.63, 3.8) is 0 Å². The largest absolute Gasteiger partial charge is 0.497 e. The molecule has 0 aromatic heterocycles. The van der Waals surface area contributed by atoms with E-state index in [0.29, 0.717) is 5.17 Å². The van der Waals surface area contributed by atoms with Crippen molar-refractivity contribution in [1.29, 1.82) is 0 Å². The topological polar surface area (TPSA) is 47.6 Å². The van der Waals surface area contributed by atoms with Gasteiger partial charge in [-0.25, -0.2) is 4.99 Å². The van der Waals surface area contributed by atoms with E-state index in [2.05, 4.69) is 11.1 Å². The van der Waals surface area contributed by atoms with Gasteiger partial charge >= 0.3 is 0 Å². The normalized spacial score (nSPS) is 15.5. The quantitative estimate of drug-likeness (QED) is 0.830. The number of rotatable bonds is 2. The van der Waals surface area contributed by atoms with Crippen LogP contribution in [0.25, 0.3) is 5.70 Å². The average Bonchev–Trinajstić information content (AvgIpc) is 2.29. The monoisotopic (exact) mass is 220 g/mol. The van der Waals surface area contributed by atoms with Crippen LogP contribution in [0.2, 0.25) is 0 Å². The molecule has 4 heteroatoms. The van der Waals surface area contributed by atoms with E-state index in [1.165, 1.54) is 0 Å². The van der Waals surface area contributed by atoms with Gasteiger partial charge in [0.2, 0.25) is 0 Å². The fraction of sp³-hybridized carbons (Fsp3) is 0.182. The molecule has 0 atom stereocenters. The molecule has 1 aromatic carbocycles. The van der Waals surface area contributed by atoms with E-state index in [1.807, 2.05) is 24.3 Å². The van der Waals surface area contributed by atoms with Crippen molar-refractivity contribution in [1.82, 2.24) is 0 Å². The van der Waals surface area contributed by atoms with Crippen molar-refractivity contribution in [3.05, 3.63) is 35.9 Å². The van der Waals surface area contributed by atoms with Crippen molar-refractivity contribution in [2.45, 2.75) is 0 Å². The Labute approximate surface area is 93.0 Å². The third kappa shape index (κ3) is 2.33. The molecular weight excluding hydrogens is 208 g/mol. The molecule has 78 valence electrons. The van der Waals surface area contributed by atoms with E-state index in [1.54, 1.807) is 18.9 Å². The van der Waals surface area contributed by atoms with Crippen molar-refractivity contribution >= 4 is 22.6 Å². The molecule has 2 N–H and O–H groups in total. The lowest BCUT2D eigenvalue weighted by atomic mass is 10.1. The van der Waals surface area contributed by atoms with Gasteiger partial charge in [-0.3, -0.25) is 0 Å². The van der Waals surface area contributed by atoms with Crippen LogP contribution in [0.15, 0.2) is 35.3 Å². The fourth-order valence-corrected chi connectivity index (χ4v) is 1.94. The first-order valence-corrected chi connectivity index (χ1v) is 5.59. The van der Waals surface area contributed by atoms with E-state index in [9.17, 15) is 0 Å². The highest BCUT2D eigenvalue weighted by atomic mass is 32.2. The number of thioether (sulfide) groups is 1. The number of nitrogens with zero attached hydrogens (tertiary/aromatic N) is 1. The molecule has 0 unspecified atom stereocenters. The molecule has 2 rings (SSSR count). The summed E-state index contributed by atoms with van der Waals surface area (Å²) in [6.45, 7) is 0. The molecule has 0 aliphatic carbocycles. The lowest BCUT2D eigenvalue weighted by Gasteiger charge is -2.10. The van der Waals surface area contributed by atoms with Crippen LogP contribution >= 0.6 is 11.8 Å². The Kier molecular flexibility index (Phi) is 2.97. The summed E-state index contributed by atoms with van der Waals surface area (Å²) in [5, 5.41) is 0.621. The zero-order valence-corrected chi connectivity index (χ0v) is 9.25. The number of amidine groups is 1. The van der Waals surface area contributed by atoms with Gasteiger partial charge in [0.15, 0.2) is 5.17 Å². The summed E-state index contributed by atoms with van der Waals surface area (Å²) in [6, 6.07) is 7.82. The Morgan fingerprint density at radius 1 is 1.47 bits per heavy atom. The molecule has 0 radical (unpaired) electrons. The Balaban J connectivity index is 2.33. The average molecular weight is 220 g/mol. The summed E-state index contributed by atoms with van der Waals surface area (Å²) in [6.07, 6.45) is 2.07. The molecule has 0 spiro atoms. The third-order valence-corrected chi connectivity index (χ3v) is 2.82. The van der Waals surface area contributed by atoms with Gasteiger partial charge in [0.25, 0.3) is 0 Å². The van der Waals surface area contributed by atoms with Crippen LogP contribution in [0.3, 0.4) is 0 Å². The minimum atomic E-state index is 0.621. The standard InChI is InChI=1S/C11H12N2OS/c1-14-9-4-2-3-8(7-9)10-5-6-15-11(12)13-10/h2-5,7H,6H2,1H3,(H2,12,13). The summed E-state index contributed by atoms with van der Waals surface area (Å²) in [7, 11) is 1.65. The fourth-order valence-electron chi connectivity index (χ4n) is 1.37. The predicted octanol–water partition coefficient (Wildman–Crippen LogP) is 2.10. The maximum absolute atomic E-state index is 5.67. The zero-order chi connectivity index (χ0) is 10.7. The van der Waals surface area contributed by atoms with Gasteiger partial charge in [-0.2, -0.15) is 0 Å². The van der Waals surface area contributed by atoms with Crippen LogP contribution in [0, 0.1) is 0 Å². The molecule has 0 fully saturated rings. The van der Waals surface area contributed by atoms with Crippen LogP contribution < -0.4 is 10.5 Å². The Morgan fingerprint density at radius 3 is 3.07 bits per heavy atom. The molecule has 0 amide bonds. The highest BCUT2D eigenvalue weighted by molar-refractivity contribution is 8.14. The van der Waals surface area contributed by atoms with Crippen LogP contribution in [0.1, 0.15) is 5.56 Å². The lowest BCUT2D eigenvalue weighted by molar-refractivity contribution is 0.414. The molecule has 1 heterocycles. The molecule has 1 aliphatic rings. The molecule has 0 bridgehead atoms. The van der Waals surface area contributed by atoms with Crippen LogP contribution in [0.5, 0.6) is 5.75 Å². The first-order valence-electron chi connectivity index (χ1n) is 4.61. The highest BCUT2D eigenvalue weighted by Gasteiger charge is 2.07. The van der Waals surface area contributed by atoms with Gasteiger partial charge < -0.3 is 10.5 Å². The SMILES string of the molecule is COc1cccc(C2=CCSC(N)=N2)c1. The van der Waals surface area contributed by atoms with Crippen molar-refractivity contribution < 1.29 is 4.74 Å². The summed E-state index contributed by atoms with van der Waals surface area (Å²) in [5.41, 5.74) is 7.63. The van der Waals surface area contributed by atoms with Crippen molar-refractivity contribution in [3.8, 4) is 5.75 Å². The second kappa shape index (κ2) is 4.40. The van der Waals surface area contributed by atoms with E-state index in [-0.39, 0.29) is 0 Å². The van der Waals surface area contributed by atoms with Gasteiger partial charge in [0, 0.05) is 11.3 Å².